The number of piperazine rings is 1. The summed E-state index contributed by atoms with van der Waals surface area (Å²) in [5.74, 6) is 1.55. The third-order valence-electron chi connectivity index (χ3n) is 6.19. The van der Waals surface area contributed by atoms with Gasteiger partial charge >= 0.3 is 0 Å². The van der Waals surface area contributed by atoms with Crippen LogP contribution in [0.3, 0.4) is 0 Å². The molecule has 0 unspecified atom stereocenters. The van der Waals surface area contributed by atoms with Crippen molar-refractivity contribution in [2.45, 2.75) is 25.3 Å². The molecule has 5 heteroatoms. The van der Waals surface area contributed by atoms with Gasteiger partial charge in [-0.1, -0.05) is 30.3 Å². The van der Waals surface area contributed by atoms with Gasteiger partial charge in [0.1, 0.15) is 5.75 Å². The van der Waals surface area contributed by atoms with E-state index in [0.717, 1.165) is 60.6 Å². The number of nitrogens with zero attached hydrogens (tertiary/aromatic N) is 3. The Hall–Kier alpha value is -2.92. The van der Waals surface area contributed by atoms with Crippen molar-refractivity contribution in [2.75, 3.05) is 33.3 Å². The molecule has 2 fully saturated rings. The SMILES string of the molecule is COc1ccc(CN2CCN(C(=O)c3cc(C4CC4)nc4ccccc34)CC2)cc1. The molecule has 1 aliphatic heterocycles. The quantitative estimate of drug-likeness (QED) is 0.646. The molecule has 1 aromatic heterocycles. The van der Waals surface area contributed by atoms with Crippen LogP contribution in [0.4, 0.5) is 0 Å². The summed E-state index contributed by atoms with van der Waals surface area (Å²) in [7, 11) is 1.69. The molecule has 0 spiro atoms. The molecule has 0 radical (unpaired) electrons. The summed E-state index contributed by atoms with van der Waals surface area (Å²) in [6.45, 7) is 4.18. The fourth-order valence-electron chi connectivity index (χ4n) is 4.23. The topological polar surface area (TPSA) is 45.7 Å². The average Bonchev–Trinajstić information content (AvgIpc) is 3.64. The van der Waals surface area contributed by atoms with E-state index < -0.39 is 0 Å². The zero-order valence-electron chi connectivity index (χ0n) is 17.4. The van der Waals surface area contributed by atoms with E-state index in [2.05, 4.69) is 17.0 Å². The van der Waals surface area contributed by atoms with Crippen molar-refractivity contribution >= 4 is 16.8 Å². The summed E-state index contributed by atoms with van der Waals surface area (Å²) in [5, 5.41) is 0.965. The minimum atomic E-state index is 0.139. The minimum Gasteiger partial charge on any atom is -0.497 e. The van der Waals surface area contributed by atoms with Crippen LogP contribution in [-0.2, 0) is 6.54 Å². The monoisotopic (exact) mass is 401 g/mol. The number of para-hydroxylation sites is 1. The van der Waals surface area contributed by atoms with E-state index in [1.54, 1.807) is 7.11 Å². The third kappa shape index (κ3) is 3.90. The Morgan fingerprint density at radius 3 is 2.47 bits per heavy atom. The first-order valence-electron chi connectivity index (χ1n) is 10.8. The lowest BCUT2D eigenvalue weighted by Gasteiger charge is -2.35. The maximum atomic E-state index is 13.4. The van der Waals surface area contributed by atoms with Crippen LogP contribution < -0.4 is 4.74 Å². The van der Waals surface area contributed by atoms with E-state index in [9.17, 15) is 4.79 Å². The maximum absolute atomic E-state index is 13.4. The predicted molar refractivity (Wildman–Crippen MR) is 118 cm³/mol. The Bertz CT molecular complexity index is 1050. The van der Waals surface area contributed by atoms with E-state index in [0.29, 0.717) is 5.92 Å². The van der Waals surface area contributed by atoms with Crippen LogP contribution in [0.1, 0.15) is 40.4 Å². The molecule has 0 N–H and O–H groups in total. The van der Waals surface area contributed by atoms with Crippen LogP contribution in [0.5, 0.6) is 5.75 Å². The number of hydrogen-bond acceptors (Lipinski definition) is 4. The standard InChI is InChI=1S/C25H27N3O2/c1-30-20-10-6-18(7-11-20)17-27-12-14-28(15-13-27)25(29)22-16-24(19-8-9-19)26-23-5-3-2-4-21(22)23/h2-7,10-11,16,19H,8-9,12-15,17H2,1H3. The van der Waals surface area contributed by atoms with Crippen LogP contribution in [-0.4, -0.2) is 54.0 Å². The highest BCUT2D eigenvalue weighted by Gasteiger charge is 2.29. The van der Waals surface area contributed by atoms with Gasteiger partial charge in [0.05, 0.1) is 18.2 Å². The van der Waals surface area contributed by atoms with Gasteiger partial charge in [0.15, 0.2) is 0 Å². The summed E-state index contributed by atoms with van der Waals surface area (Å²) < 4.78 is 5.24. The first-order valence-corrected chi connectivity index (χ1v) is 10.8. The van der Waals surface area contributed by atoms with Gasteiger partial charge in [0.25, 0.3) is 5.91 Å². The summed E-state index contributed by atoms with van der Waals surface area (Å²) in [6.07, 6.45) is 2.37. The molecule has 1 saturated carbocycles. The lowest BCUT2D eigenvalue weighted by molar-refractivity contribution is 0.0630. The van der Waals surface area contributed by atoms with Gasteiger partial charge in [0, 0.05) is 49.7 Å². The summed E-state index contributed by atoms with van der Waals surface area (Å²) >= 11 is 0. The Morgan fingerprint density at radius 1 is 1.03 bits per heavy atom. The van der Waals surface area contributed by atoms with E-state index >= 15 is 0 Å². The second-order valence-electron chi connectivity index (χ2n) is 8.30. The number of benzene rings is 2. The van der Waals surface area contributed by atoms with Crippen molar-refractivity contribution in [1.82, 2.24) is 14.8 Å². The molecular weight excluding hydrogens is 374 g/mol. The Morgan fingerprint density at radius 2 is 1.77 bits per heavy atom. The van der Waals surface area contributed by atoms with Gasteiger partial charge in [0.2, 0.25) is 0 Å². The van der Waals surface area contributed by atoms with Crippen molar-refractivity contribution in [2.24, 2.45) is 0 Å². The molecule has 1 aliphatic carbocycles. The van der Waals surface area contributed by atoms with Gasteiger partial charge in [-0.3, -0.25) is 14.7 Å². The molecule has 0 bridgehead atoms. The van der Waals surface area contributed by atoms with Crippen LogP contribution in [0.25, 0.3) is 10.9 Å². The Balaban J connectivity index is 1.29. The van der Waals surface area contributed by atoms with Crippen molar-refractivity contribution in [1.29, 1.82) is 0 Å². The molecule has 5 rings (SSSR count). The fourth-order valence-corrected chi connectivity index (χ4v) is 4.23. The second kappa shape index (κ2) is 8.07. The van der Waals surface area contributed by atoms with Gasteiger partial charge < -0.3 is 9.64 Å². The molecule has 30 heavy (non-hydrogen) atoms. The van der Waals surface area contributed by atoms with Crippen molar-refractivity contribution < 1.29 is 9.53 Å². The van der Waals surface area contributed by atoms with Crippen molar-refractivity contribution in [3.8, 4) is 5.75 Å². The lowest BCUT2D eigenvalue weighted by atomic mass is 10.0. The number of carbonyl (C=O) groups excluding carboxylic acids is 1. The lowest BCUT2D eigenvalue weighted by Crippen LogP contribution is -2.48. The normalized spacial score (nSPS) is 17.3. The highest BCUT2D eigenvalue weighted by atomic mass is 16.5. The highest BCUT2D eigenvalue weighted by Crippen LogP contribution is 2.40. The van der Waals surface area contributed by atoms with E-state index in [1.807, 2.05) is 47.4 Å². The average molecular weight is 402 g/mol. The van der Waals surface area contributed by atoms with E-state index in [-0.39, 0.29) is 5.91 Å². The highest BCUT2D eigenvalue weighted by molar-refractivity contribution is 6.06. The number of fused-ring (bicyclic) bond motifs is 1. The maximum Gasteiger partial charge on any atom is 0.254 e. The number of methoxy groups -OCH3 is 1. The number of rotatable bonds is 5. The first-order chi connectivity index (χ1) is 14.7. The number of aromatic nitrogens is 1. The molecule has 2 heterocycles. The summed E-state index contributed by atoms with van der Waals surface area (Å²) in [5.41, 5.74) is 4.09. The van der Waals surface area contributed by atoms with Crippen molar-refractivity contribution in [3.63, 3.8) is 0 Å². The van der Waals surface area contributed by atoms with Gasteiger partial charge in [-0.2, -0.15) is 0 Å². The molecule has 5 nitrogen and oxygen atoms in total. The summed E-state index contributed by atoms with van der Waals surface area (Å²) in [6, 6.07) is 18.3. The molecule has 1 saturated heterocycles. The van der Waals surface area contributed by atoms with E-state index in [4.69, 9.17) is 9.72 Å². The molecule has 0 atom stereocenters. The zero-order chi connectivity index (χ0) is 20.5. The third-order valence-corrected chi connectivity index (χ3v) is 6.19. The number of pyridine rings is 1. The number of carbonyl (C=O) groups is 1. The van der Waals surface area contributed by atoms with Gasteiger partial charge in [-0.05, 0) is 42.7 Å². The molecule has 2 aromatic carbocycles. The van der Waals surface area contributed by atoms with Crippen LogP contribution >= 0.6 is 0 Å². The second-order valence-corrected chi connectivity index (χ2v) is 8.30. The number of amides is 1. The molecule has 154 valence electrons. The van der Waals surface area contributed by atoms with Crippen molar-refractivity contribution in [3.05, 3.63) is 71.4 Å². The Labute approximate surface area is 177 Å². The summed E-state index contributed by atoms with van der Waals surface area (Å²) in [4.78, 5) is 22.6. The number of ether oxygens (including phenoxy) is 1. The molecule has 1 amide bonds. The molecule has 3 aromatic rings. The van der Waals surface area contributed by atoms with Crippen LogP contribution in [0, 0.1) is 0 Å². The van der Waals surface area contributed by atoms with Gasteiger partial charge in [-0.25, -0.2) is 0 Å². The van der Waals surface area contributed by atoms with Crippen LogP contribution in [0.2, 0.25) is 0 Å². The molecule has 2 aliphatic rings. The largest absolute Gasteiger partial charge is 0.497 e. The minimum absolute atomic E-state index is 0.139. The Kier molecular flexibility index (Phi) is 5.13. The van der Waals surface area contributed by atoms with Gasteiger partial charge in [-0.15, -0.1) is 0 Å². The predicted octanol–water partition coefficient (Wildman–Crippen LogP) is 4.08. The van der Waals surface area contributed by atoms with E-state index in [1.165, 1.54) is 18.4 Å². The molecular formula is C25H27N3O2. The fraction of sp³-hybridized carbons (Fsp3) is 0.360. The number of hydrogen-bond donors (Lipinski definition) is 0. The van der Waals surface area contributed by atoms with Crippen LogP contribution in [0.15, 0.2) is 54.6 Å². The first kappa shape index (κ1) is 19.1. The zero-order valence-corrected chi connectivity index (χ0v) is 17.4. The smallest absolute Gasteiger partial charge is 0.254 e.